The van der Waals surface area contributed by atoms with Crippen LogP contribution in [0.25, 0.3) is 55.8 Å². The van der Waals surface area contributed by atoms with Gasteiger partial charge in [0.15, 0.2) is 5.65 Å². The number of aromatic nitrogens is 7. The molecule has 0 aliphatic heterocycles. The van der Waals surface area contributed by atoms with Crippen molar-refractivity contribution in [2.45, 2.75) is 38.5 Å². The van der Waals surface area contributed by atoms with E-state index in [1.54, 1.807) is 31.0 Å². The van der Waals surface area contributed by atoms with E-state index in [1.165, 1.54) is 19.3 Å². The van der Waals surface area contributed by atoms with Crippen LogP contribution in [-0.2, 0) is 4.79 Å². The third-order valence-corrected chi connectivity index (χ3v) is 7.71. The SMILES string of the molecule is O=C(CC1CCCCC1)Nc1cncc(-c2cnc3n[nH]c(-c4cc5c(-c6ccccn6)ccnc5[nH]4)c3c2)c1. The Balaban J connectivity index is 1.19. The number of carbonyl (C=O) groups is 1. The van der Waals surface area contributed by atoms with Crippen molar-refractivity contribution >= 4 is 33.7 Å². The number of hydrogen-bond acceptors (Lipinski definition) is 6. The van der Waals surface area contributed by atoms with Crippen molar-refractivity contribution in [3.05, 3.63) is 73.4 Å². The number of anilines is 1. The third kappa shape index (κ3) is 4.70. The minimum absolute atomic E-state index is 0.0500. The molecule has 40 heavy (non-hydrogen) atoms. The number of hydrogen-bond donors (Lipinski definition) is 3. The van der Waals surface area contributed by atoms with Crippen LogP contribution in [0.3, 0.4) is 0 Å². The Kier molecular flexibility index (Phi) is 6.24. The predicted molar refractivity (Wildman–Crippen MR) is 155 cm³/mol. The highest BCUT2D eigenvalue weighted by molar-refractivity contribution is 5.99. The van der Waals surface area contributed by atoms with Gasteiger partial charge in [0.25, 0.3) is 0 Å². The predicted octanol–water partition coefficient (Wildman–Crippen LogP) is 6.53. The number of H-pyrrole nitrogens is 2. The summed E-state index contributed by atoms with van der Waals surface area (Å²) in [5.74, 6) is 0.532. The molecule has 9 heteroatoms. The Morgan fingerprint density at radius 3 is 2.67 bits per heavy atom. The van der Waals surface area contributed by atoms with E-state index in [0.717, 1.165) is 63.0 Å². The minimum Gasteiger partial charge on any atom is -0.338 e. The van der Waals surface area contributed by atoms with Crippen molar-refractivity contribution in [1.82, 2.24) is 35.1 Å². The van der Waals surface area contributed by atoms with Crippen molar-refractivity contribution in [3.63, 3.8) is 0 Å². The molecular weight excluding hydrogens is 500 g/mol. The zero-order valence-electron chi connectivity index (χ0n) is 21.9. The Hall–Kier alpha value is -4.92. The van der Waals surface area contributed by atoms with Crippen LogP contribution in [0.15, 0.2) is 73.4 Å². The molecule has 0 radical (unpaired) electrons. The number of amides is 1. The maximum absolute atomic E-state index is 12.7. The van der Waals surface area contributed by atoms with Crippen LogP contribution < -0.4 is 5.32 Å². The van der Waals surface area contributed by atoms with Crippen LogP contribution in [0, 0.1) is 5.92 Å². The summed E-state index contributed by atoms with van der Waals surface area (Å²) in [5, 5.41) is 12.5. The summed E-state index contributed by atoms with van der Waals surface area (Å²) in [6, 6.07) is 13.9. The molecule has 7 rings (SSSR count). The summed E-state index contributed by atoms with van der Waals surface area (Å²) in [4.78, 5) is 34.1. The van der Waals surface area contributed by atoms with Gasteiger partial charge in [0.1, 0.15) is 5.65 Å². The Bertz CT molecular complexity index is 1820. The number of rotatable bonds is 6. The summed E-state index contributed by atoms with van der Waals surface area (Å²) in [5.41, 5.74) is 7.39. The molecule has 198 valence electrons. The molecule has 0 bridgehead atoms. The number of pyridine rings is 4. The van der Waals surface area contributed by atoms with Gasteiger partial charge in [-0.25, -0.2) is 9.97 Å². The molecular formula is C31H28N8O. The van der Waals surface area contributed by atoms with Crippen molar-refractivity contribution in [2.75, 3.05) is 5.32 Å². The second kappa shape index (κ2) is 10.3. The first kappa shape index (κ1) is 24.1. The largest absolute Gasteiger partial charge is 0.338 e. The van der Waals surface area contributed by atoms with Gasteiger partial charge in [0, 0.05) is 58.7 Å². The second-order valence-corrected chi connectivity index (χ2v) is 10.4. The van der Waals surface area contributed by atoms with Gasteiger partial charge < -0.3 is 10.3 Å². The summed E-state index contributed by atoms with van der Waals surface area (Å²) in [6.07, 6.45) is 15.4. The first-order valence-electron chi connectivity index (χ1n) is 13.7. The molecule has 6 aromatic heterocycles. The molecule has 0 saturated heterocycles. The summed E-state index contributed by atoms with van der Waals surface area (Å²) in [6.45, 7) is 0. The Morgan fingerprint density at radius 1 is 0.900 bits per heavy atom. The van der Waals surface area contributed by atoms with Crippen molar-refractivity contribution in [1.29, 1.82) is 0 Å². The molecule has 1 amide bonds. The highest BCUT2D eigenvalue weighted by atomic mass is 16.1. The molecule has 0 spiro atoms. The lowest BCUT2D eigenvalue weighted by molar-refractivity contribution is -0.117. The van der Waals surface area contributed by atoms with Crippen molar-refractivity contribution < 1.29 is 4.79 Å². The van der Waals surface area contributed by atoms with E-state index in [0.29, 0.717) is 23.7 Å². The summed E-state index contributed by atoms with van der Waals surface area (Å²) < 4.78 is 0. The smallest absolute Gasteiger partial charge is 0.224 e. The fourth-order valence-electron chi connectivity index (χ4n) is 5.70. The molecule has 1 aliphatic carbocycles. The number of aromatic amines is 2. The number of carbonyl (C=O) groups excluding carboxylic acids is 1. The van der Waals surface area contributed by atoms with E-state index in [1.807, 2.05) is 36.4 Å². The normalized spacial score (nSPS) is 14.1. The summed E-state index contributed by atoms with van der Waals surface area (Å²) in [7, 11) is 0. The van der Waals surface area contributed by atoms with E-state index >= 15 is 0 Å². The number of nitrogens with one attached hydrogen (secondary N) is 3. The van der Waals surface area contributed by atoms with Gasteiger partial charge >= 0.3 is 0 Å². The van der Waals surface area contributed by atoms with E-state index < -0.39 is 0 Å². The lowest BCUT2D eigenvalue weighted by atomic mass is 9.87. The zero-order chi connectivity index (χ0) is 26.9. The van der Waals surface area contributed by atoms with Crippen LogP contribution in [0.2, 0.25) is 0 Å². The molecule has 0 atom stereocenters. The van der Waals surface area contributed by atoms with Gasteiger partial charge in [-0.05, 0) is 55.2 Å². The molecule has 3 N–H and O–H groups in total. The molecule has 0 unspecified atom stereocenters. The first-order valence-corrected chi connectivity index (χ1v) is 13.7. The minimum atomic E-state index is 0.0500. The lowest BCUT2D eigenvalue weighted by Gasteiger charge is -2.20. The number of nitrogens with zero attached hydrogens (tertiary/aromatic N) is 5. The van der Waals surface area contributed by atoms with Gasteiger partial charge in [-0.2, -0.15) is 5.10 Å². The van der Waals surface area contributed by atoms with Crippen LogP contribution in [0.4, 0.5) is 5.69 Å². The van der Waals surface area contributed by atoms with Gasteiger partial charge in [0.05, 0.1) is 29.0 Å². The Morgan fingerprint density at radius 2 is 1.80 bits per heavy atom. The maximum atomic E-state index is 12.7. The third-order valence-electron chi connectivity index (χ3n) is 7.71. The molecule has 6 aromatic rings. The van der Waals surface area contributed by atoms with Crippen LogP contribution in [-0.4, -0.2) is 41.0 Å². The van der Waals surface area contributed by atoms with Crippen molar-refractivity contribution in [3.8, 4) is 33.8 Å². The first-order chi connectivity index (χ1) is 19.7. The molecule has 6 heterocycles. The summed E-state index contributed by atoms with van der Waals surface area (Å²) >= 11 is 0. The van der Waals surface area contributed by atoms with E-state index in [-0.39, 0.29) is 5.91 Å². The average Bonchev–Trinajstić information content (AvgIpc) is 3.62. The zero-order valence-corrected chi connectivity index (χ0v) is 21.9. The van der Waals surface area contributed by atoms with E-state index in [9.17, 15) is 4.79 Å². The standard InChI is InChI=1S/C31H28N8O/c40-28(12-19-6-2-1-3-7-19)36-22-13-20(16-32-18-22)21-14-25-29(38-39-31(25)35-17-21)27-15-24-23(9-11-34-30(24)37-27)26-8-4-5-10-33-26/h4-5,8-11,13-19H,1-3,6-7,12H2,(H,34,37)(H,36,40)(H,35,38,39). The fraction of sp³-hybridized carbons (Fsp3) is 0.226. The van der Waals surface area contributed by atoms with Crippen LogP contribution in [0.1, 0.15) is 38.5 Å². The van der Waals surface area contributed by atoms with E-state index in [4.69, 9.17) is 0 Å². The van der Waals surface area contributed by atoms with Gasteiger partial charge in [0.2, 0.25) is 5.91 Å². The van der Waals surface area contributed by atoms with E-state index in [2.05, 4.69) is 46.5 Å². The highest BCUT2D eigenvalue weighted by Crippen LogP contribution is 2.34. The quantitative estimate of drug-likeness (QED) is 0.226. The second-order valence-electron chi connectivity index (χ2n) is 10.4. The fourth-order valence-corrected chi connectivity index (χ4v) is 5.70. The van der Waals surface area contributed by atoms with Crippen molar-refractivity contribution in [2.24, 2.45) is 5.92 Å². The molecule has 0 aromatic carbocycles. The lowest BCUT2D eigenvalue weighted by Crippen LogP contribution is -2.18. The molecule has 1 saturated carbocycles. The van der Waals surface area contributed by atoms with Crippen LogP contribution in [0.5, 0.6) is 0 Å². The molecule has 1 fully saturated rings. The van der Waals surface area contributed by atoms with Gasteiger partial charge in [-0.1, -0.05) is 25.3 Å². The van der Waals surface area contributed by atoms with Gasteiger partial charge in [-0.15, -0.1) is 0 Å². The Labute approximate surface area is 230 Å². The average molecular weight is 529 g/mol. The molecule has 1 aliphatic rings. The van der Waals surface area contributed by atoms with Crippen LogP contribution >= 0.6 is 0 Å². The number of fused-ring (bicyclic) bond motifs is 2. The monoisotopic (exact) mass is 528 g/mol. The highest BCUT2D eigenvalue weighted by Gasteiger charge is 2.18. The van der Waals surface area contributed by atoms with Gasteiger partial charge in [-0.3, -0.25) is 19.9 Å². The maximum Gasteiger partial charge on any atom is 0.224 e. The molecule has 9 nitrogen and oxygen atoms in total. The topological polar surface area (TPSA) is 125 Å².